The Hall–Kier alpha value is -2.54. The average molecular weight is 403 g/mol. The smallest absolute Gasteiger partial charge is 0.267 e. The second kappa shape index (κ2) is 7.83. The number of hydrogen-bond acceptors (Lipinski definition) is 4. The SMILES string of the molecule is CCS(=O)(=O)N1C[C@H](C(=O)Nc2c(C)cccc2C(C)C)Oc2ccccc21. The molecule has 0 saturated heterocycles. The molecule has 0 fully saturated rings. The van der Waals surface area contributed by atoms with Gasteiger partial charge in [-0.1, -0.05) is 44.2 Å². The van der Waals surface area contributed by atoms with E-state index in [0.717, 1.165) is 16.8 Å². The van der Waals surface area contributed by atoms with Gasteiger partial charge in [-0.05, 0) is 43.0 Å². The van der Waals surface area contributed by atoms with Crippen molar-refractivity contribution in [3.05, 3.63) is 53.6 Å². The van der Waals surface area contributed by atoms with E-state index in [1.165, 1.54) is 4.31 Å². The van der Waals surface area contributed by atoms with Crippen LogP contribution in [0.25, 0.3) is 0 Å². The van der Waals surface area contributed by atoms with Gasteiger partial charge in [-0.15, -0.1) is 0 Å². The Morgan fingerprint density at radius 2 is 1.93 bits per heavy atom. The van der Waals surface area contributed by atoms with Crippen LogP contribution in [-0.4, -0.2) is 32.7 Å². The molecule has 3 rings (SSSR count). The van der Waals surface area contributed by atoms with E-state index in [4.69, 9.17) is 4.74 Å². The highest BCUT2D eigenvalue weighted by molar-refractivity contribution is 7.92. The summed E-state index contributed by atoms with van der Waals surface area (Å²) in [6.45, 7) is 7.60. The van der Waals surface area contributed by atoms with Crippen molar-refractivity contribution in [2.45, 2.75) is 39.7 Å². The number of nitrogens with zero attached hydrogens (tertiary/aromatic N) is 1. The number of anilines is 2. The zero-order valence-electron chi connectivity index (χ0n) is 16.6. The van der Waals surface area contributed by atoms with Gasteiger partial charge in [0, 0.05) is 5.69 Å². The fraction of sp³-hybridized carbons (Fsp3) is 0.381. The van der Waals surface area contributed by atoms with Crippen molar-refractivity contribution in [3.8, 4) is 5.75 Å². The first kappa shape index (κ1) is 20.2. The molecule has 0 unspecified atom stereocenters. The maximum Gasteiger partial charge on any atom is 0.267 e. The van der Waals surface area contributed by atoms with Crippen LogP contribution in [0.5, 0.6) is 5.75 Å². The van der Waals surface area contributed by atoms with Crippen molar-refractivity contribution in [1.29, 1.82) is 0 Å². The van der Waals surface area contributed by atoms with Crippen LogP contribution in [0.3, 0.4) is 0 Å². The Morgan fingerprint density at radius 3 is 2.61 bits per heavy atom. The number of fused-ring (bicyclic) bond motifs is 1. The van der Waals surface area contributed by atoms with Crippen molar-refractivity contribution in [1.82, 2.24) is 0 Å². The minimum absolute atomic E-state index is 0.0506. The summed E-state index contributed by atoms with van der Waals surface area (Å²) in [6.07, 6.45) is -0.934. The molecule has 0 bridgehead atoms. The van der Waals surface area contributed by atoms with Crippen LogP contribution in [0, 0.1) is 6.92 Å². The molecule has 2 aromatic carbocycles. The number of carbonyl (C=O) groups is 1. The van der Waals surface area contributed by atoms with Crippen LogP contribution in [0.15, 0.2) is 42.5 Å². The van der Waals surface area contributed by atoms with Crippen molar-refractivity contribution in [2.24, 2.45) is 0 Å². The summed E-state index contributed by atoms with van der Waals surface area (Å²) in [4.78, 5) is 13.0. The van der Waals surface area contributed by atoms with Crippen LogP contribution in [0.1, 0.15) is 37.8 Å². The predicted octanol–water partition coefficient (Wildman–Crippen LogP) is 3.67. The van der Waals surface area contributed by atoms with Gasteiger partial charge >= 0.3 is 0 Å². The molecule has 1 amide bonds. The Labute approximate surface area is 166 Å². The zero-order chi connectivity index (χ0) is 20.5. The molecule has 0 saturated carbocycles. The Bertz CT molecular complexity index is 986. The minimum atomic E-state index is -3.53. The molecule has 2 aromatic rings. The quantitative estimate of drug-likeness (QED) is 0.828. The number of para-hydroxylation sites is 3. The van der Waals surface area contributed by atoms with E-state index in [0.29, 0.717) is 11.4 Å². The first-order valence-corrected chi connectivity index (χ1v) is 11.0. The zero-order valence-corrected chi connectivity index (χ0v) is 17.4. The molecule has 1 heterocycles. The lowest BCUT2D eigenvalue weighted by molar-refractivity contribution is -0.122. The summed E-state index contributed by atoms with van der Waals surface area (Å²) in [5.74, 6) is 0.215. The van der Waals surface area contributed by atoms with Gasteiger partial charge < -0.3 is 10.1 Å². The summed E-state index contributed by atoms with van der Waals surface area (Å²) in [6, 6.07) is 12.8. The van der Waals surface area contributed by atoms with E-state index in [1.54, 1.807) is 31.2 Å². The van der Waals surface area contributed by atoms with Crippen molar-refractivity contribution in [2.75, 3.05) is 21.9 Å². The second-order valence-electron chi connectivity index (χ2n) is 7.19. The van der Waals surface area contributed by atoms with Crippen molar-refractivity contribution in [3.63, 3.8) is 0 Å². The molecule has 0 aromatic heterocycles. The maximum absolute atomic E-state index is 13.0. The lowest BCUT2D eigenvalue weighted by Crippen LogP contribution is -2.49. The largest absolute Gasteiger partial charge is 0.476 e. The maximum atomic E-state index is 13.0. The molecule has 1 aliphatic rings. The number of benzene rings is 2. The summed E-state index contributed by atoms with van der Waals surface area (Å²) in [7, 11) is -3.53. The van der Waals surface area contributed by atoms with Gasteiger partial charge in [-0.3, -0.25) is 9.10 Å². The van der Waals surface area contributed by atoms with Crippen molar-refractivity contribution >= 4 is 27.3 Å². The lowest BCUT2D eigenvalue weighted by Gasteiger charge is -2.34. The molecular formula is C21H26N2O4S. The topological polar surface area (TPSA) is 75.7 Å². The number of amides is 1. The van der Waals surface area contributed by atoms with Crippen LogP contribution >= 0.6 is 0 Å². The summed E-state index contributed by atoms with van der Waals surface area (Å²) in [5, 5.41) is 2.97. The van der Waals surface area contributed by atoms with E-state index in [-0.39, 0.29) is 24.1 Å². The summed E-state index contributed by atoms with van der Waals surface area (Å²) < 4.78 is 32.3. The molecule has 7 heteroatoms. The molecule has 1 aliphatic heterocycles. The number of nitrogens with one attached hydrogen (secondary N) is 1. The number of aryl methyl sites for hydroxylation is 1. The monoisotopic (exact) mass is 402 g/mol. The molecule has 0 spiro atoms. The number of carbonyl (C=O) groups excluding carboxylic acids is 1. The van der Waals surface area contributed by atoms with Crippen LogP contribution in [0.4, 0.5) is 11.4 Å². The highest BCUT2D eigenvalue weighted by atomic mass is 32.2. The molecule has 1 atom stereocenters. The van der Waals surface area contributed by atoms with E-state index in [2.05, 4.69) is 19.2 Å². The third kappa shape index (κ3) is 3.85. The standard InChI is InChI=1S/C21H26N2O4S/c1-5-28(25,26)23-13-19(27-18-12-7-6-11-17(18)23)21(24)22-20-15(4)9-8-10-16(20)14(2)3/h6-12,14,19H,5,13H2,1-4H3,(H,22,24)/t19-/m1/s1. The third-order valence-corrected chi connectivity index (χ3v) is 6.65. The second-order valence-corrected chi connectivity index (χ2v) is 9.37. The molecule has 150 valence electrons. The van der Waals surface area contributed by atoms with Gasteiger partial charge in [0.15, 0.2) is 6.10 Å². The Morgan fingerprint density at radius 1 is 1.21 bits per heavy atom. The average Bonchev–Trinajstić information content (AvgIpc) is 2.68. The fourth-order valence-corrected chi connectivity index (χ4v) is 4.43. The summed E-state index contributed by atoms with van der Waals surface area (Å²) >= 11 is 0. The highest BCUT2D eigenvalue weighted by Crippen LogP contribution is 2.35. The number of rotatable bonds is 5. The minimum Gasteiger partial charge on any atom is -0.476 e. The van der Waals surface area contributed by atoms with E-state index >= 15 is 0 Å². The molecule has 1 N–H and O–H groups in total. The molecular weight excluding hydrogens is 376 g/mol. The predicted molar refractivity (Wildman–Crippen MR) is 112 cm³/mol. The normalized spacial score (nSPS) is 16.5. The van der Waals surface area contributed by atoms with E-state index < -0.39 is 16.1 Å². The van der Waals surface area contributed by atoms with Gasteiger partial charge in [0.2, 0.25) is 10.0 Å². The van der Waals surface area contributed by atoms with Crippen molar-refractivity contribution < 1.29 is 17.9 Å². The Kier molecular flexibility index (Phi) is 5.65. The van der Waals surface area contributed by atoms with E-state index in [9.17, 15) is 13.2 Å². The Balaban J connectivity index is 1.92. The number of hydrogen-bond donors (Lipinski definition) is 1. The number of ether oxygens (including phenoxy) is 1. The first-order chi connectivity index (χ1) is 13.2. The summed E-state index contributed by atoms with van der Waals surface area (Å²) in [5.41, 5.74) is 3.21. The molecule has 0 aliphatic carbocycles. The molecule has 0 radical (unpaired) electrons. The van der Waals surface area contributed by atoms with Gasteiger partial charge in [0.25, 0.3) is 5.91 Å². The van der Waals surface area contributed by atoms with Crippen LogP contribution in [0.2, 0.25) is 0 Å². The van der Waals surface area contributed by atoms with Crippen LogP contribution < -0.4 is 14.4 Å². The van der Waals surface area contributed by atoms with Gasteiger partial charge in [0.05, 0.1) is 18.0 Å². The number of sulfonamides is 1. The fourth-order valence-electron chi connectivity index (χ4n) is 3.30. The van der Waals surface area contributed by atoms with Gasteiger partial charge in [-0.2, -0.15) is 0 Å². The molecule has 28 heavy (non-hydrogen) atoms. The molecule has 6 nitrogen and oxygen atoms in total. The highest BCUT2D eigenvalue weighted by Gasteiger charge is 2.36. The van der Waals surface area contributed by atoms with Gasteiger partial charge in [-0.25, -0.2) is 8.42 Å². The van der Waals surface area contributed by atoms with Gasteiger partial charge in [0.1, 0.15) is 5.75 Å². The van der Waals surface area contributed by atoms with Crippen LogP contribution in [-0.2, 0) is 14.8 Å². The third-order valence-electron chi connectivity index (χ3n) is 4.90. The lowest BCUT2D eigenvalue weighted by atomic mass is 9.98. The van der Waals surface area contributed by atoms with E-state index in [1.807, 2.05) is 25.1 Å². The first-order valence-electron chi connectivity index (χ1n) is 9.41.